The number of alkyl halides is 4. The largest absolute Gasteiger partial charge is 0.573 e. The average Bonchev–Trinajstić information content (AvgIpc) is 2.28. The van der Waals surface area contributed by atoms with Crippen molar-refractivity contribution in [2.45, 2.75) is 13.3 Å². The summed E-state index contributed by atoms with van der Waals surface area (Å²) in [6.07, 6.45) is -4.79. The zero-order chi connectivity index (χ0) is 13.8. The minimum atomic E-state index is -4.79. The predicted molar refractivity (Wildman–Crippen MR) is 62.4 cm³/mol. The maximum atomic E-state index is 12.1. The third kappa shape index (κ3) is 4.21. The first kappa shape index (κ1) is 14.8. The van der Waals surface area contributed by atoms with Gasteiger partial charge in [0.25, 0.3) is 0 Å². The number of Topliss-reactive ketones (excluding diaryl/α,β-unsaturated/α-hetero) is 1. The van der Waals surface area contributed by atoms with Gasteiger partial charge in [0.15, 0.2) is 5.78 Å². The van der Waals surface area contributed by atoms with Crippen LogP contribution in [0.5, 0.6) is 11.5 Å². The predicted octanol–water partition coefficient (Wildman–Crippen LogP) is 3.56. The van der Waals surface area contributed by atoms with Gasteiger partial charge in [0.05, 0.1) is 17.5 Å². The molecule has 0 aromatic heterocycles. The molecule has 3 nitrogen and oxygen atoms in total. The molecule has 0 bridgehead atoms. The zero-order valence-electron chi connectivity index (χ0n) is 9.38. The van der Waals surface area contributed by atoms with Crippen molar-refractivity contribution >= 4 is 21.7 Å². The van der Waals surface area contributed by atoms with Gasteiger partial charge in [-0.3, -0.25) is 4.79 Å². The normalized spacial score (nSPS) is 11.2. The van der Waals surface area contributed by atoms with E-state index in [4.69, 9.17) is 4.74 Å². The third-order valence-electron chi connectivity index (χ3n) is 1.91. The van der Waals surface area contributed by atoms with E-state index in [1.807, 2.05) is 0 Å². The molecule has 0 saturated heterocycles. The molecule has 1 rings (SSSR count). The van der Waals surface area contributed by atoms with Crippen LogP contribution < -0.4 is 9.47 Å². The van der Waals surface area contributed by atoms with Crippen molar-refractivity contribution in [1.82, 2.24) is 0 Å². The van der Waals surface area contributed by atoms with E-state index in [-0.39, 0.29) is 22.4 Å². The van der Waals surface area contributed by atoms with Gasteiger partial charge in [-0.15, -0.1) is 13.2 Å². The Morgan fingerprint density at radius 2 is 2.06 bits per heavy atom. The van der Waals surface area contributed by atoms with Crippen LogP contribution in [-0.4, -0.2) is 24.1 Å². The topological polar surface area (TPSA) is 35.5 Å². The third-order valence-corrected chi connectivity index (χ3v) is 2.42. The molecule has 0 spiro atoms. The van der Waals surface area contributed by atoms with Gasteiger partial charge < -0.3 is 9.47 Å². The summed E-state index contributed by atoms with van der Waals surface area (Å²) < 4.78 is 45.1. The van der Waals surface area contributed by atoms with E-state index in [0.717, 1.165) is 12.1 Å². The summed E-state index contributed by atoms with van der Waals surface area (Å²) >= 11 is 2.95. The summed E-state index contributed by atoms with van der Waals surface area (Å²) in [6, 6.07) is 3.39. The molecule has 7 heteroatoms. The van der Waals surface area contributed by atoms with Crippen LogP contribution >= 0.6 is 15.9 Å². The van der Waals surface area contributed by atoms with Crippen LogP contribution in [0.25, 0.3) is 0 Å². The summed E-state index contributed by atoms with van der Waals surface area (Å²) in [6.45, 7) is 2.02. The van der Waals surface area contributed by atoms with Crippen LogP contribution in [0.15, 0.2) is 18.2 Å². The molecule has 1 aromatic carbocycles. The number of rotatable bonds is 5. The van der Waals surface area contributed by atoms with Crippen LogP contribution in [0.4, 0.5) is 13.2 Å². The molecule has 0 N–H and O–H groups in total. The van der Waals surface area contributed by atoms with E-state index < -0.39 is 12.1 Å². The fraction of sp³-hybridized carbons (Fsp3) is 0.364. The number of carbonyl (C=O) groups is 1. The van der Waals surface area contributed by atoms with Gasteiger partial charge >= 0.3 is 6.36 Å². The van der Waals surface area contributed by atoms with Crippen molar-refractivity contribution in [3.63, 3.8) is 0 Å². The summed E-state index contributed by atoms with van der Waals surface area (Å²) in [5, 5.41) is -0.0114. The smallest absolute Gasteiger partial charge is 0.493 e. The second-order valence-electron chi connectivity index (χ2n) is 3.20. The van der Waals surface area contributed by atoms with E-state index in [1.54, 1.807) is 6.92 Å². The van der Waals surface area contributed by atoms with Crippen molar-refractivity contribution < 1.29 is 27.4 Å². The number of hydrogen-bond acceptors (Lipinski definition) is 3. The highest BCUT2D eigenvalue weighted by Gasteiger charge is 2.31. The molecular formula is C11H10BrF3O3. The lowest BCUT2D eigenvalue weighted by molar-refractivity contribution is -0.274. The fourth-order valence-electron chi connectivity index (χ4n) is 1.28. The van der Waals surface area contributed by atoms with Gasteiger partial charge in [-0.25, -0.2) is 0 Å². The molecular weight excluding hydrogens is 317 g/mol. The molecule has 0 heterocycles. The molecule has 0 aliphatic heterocycles. The standard InChI is InChI=1S/C11H10BrF3O3/c1-2-17-10-4-3-7(18-11(13,14)15)5-8(10)9(16)6-12/h3-5H,2,6H2,1H3. The fourth-order valence-corrected chi connectivity index (χ4v) is 1.58. The van der Waals surface area contributed by atoms with Crippen molar-refractivity contribution in [2.75, 3.05) is 11.9 Å². The van der Waals surface area contributed by atoms with Crippen LogP contribution in [0.2, 0.25) is 0 Å². The van der Waals surface area contributed by atoms with Crippen molar-refractivity contribution in [3.8, 4) is 11.5 Å². The van der Waals surface area contributed by atoms with E-state index in [9.17, 15) is 18.0 Å². The first-order valence-electron chi connectivity index (χ1n) is 4.99. The Labute approximate surface area is 110 Å². The van der Waals surface area contributed by atoms with Gasteiger partial charge in [0, 0.05) is 0 Å². The van der Waals surface area contributed by atoms with Crippen LogP contribution in [0, 0.1) is 0 Å². The minimum Gasteiger partial charge on any atom is -0.493 e. The number of benzene rings is 1. The summed E-state index contributed by atoms with van der Waals surface area (Å²) in [4.78, 5) is 11.6. The average molecular weight is 327 g/mol. The molecule has 1 aromatic rings. The highest BCUT2D eigenvalue weighted by atomic mass is 79.9. The Balaban J connectivity index is 3.08. The molecule has 100 valence electrons. The minimum absolute atomic E-state index is 0.0114. The number of hydrogen-bond donors (Lipinski definition) is 0. The highest BCUT2D eigenvalue weighted by Crippen LogP contribution is 2.29. The summed E-state index contributed by atoms with van der Waals surface area (Å²) in [7, 11) is 0. The SMILES string of the molecule is CCOc1ccc(OC(F)(F)F)cc1C(=O)CBr. The molecule has 0 aliphatic carbocycles. The van der Waals surface area contributed by atoms with Crippen molar-refractivity contribution in [3.05, 3.63) is 23.8 Å². The molecule has 0 unspecified atom stereocenters. The Bertz CT molecular complexity index is 432. The molecule has 0 atom stereocenters. The molecule has 0 amide bonds. The van der Waals surface area contributed by atoms with Gasteiger partial charge in [0.2, 0.25) is 0 Å². The van der Waals surface area contributed by atoms with E-state index in [2.05, 4.69) is 20.7 Å². The van der Waals surface area contributed by atoms with E-state index in [1.165, 1.54) is 6.07 Å². The van der Waals surface area contributed by atoms with Crippen molar-refractivity contribution in [2.24, 2.45) is 0 Å². The highest BCUT2D eigenvalue weighted by molar-refractivity contribution is 9.09. The zero-order valence-corrected chi connectivity index (χ0v) is 11.0. The molecule has 0 aliphatic rings. The molecule has 0 saturated carbocycles. The maximum Gasteiger partial charge on any atom is 0.573 e. The first-order valence-corrected chi connectivity index (χ1v) is 6.11. The second kappa shape index (κ2) is 6.08. The molecule has 0 radical (unpaired) electrons. The van der Waals surface area contributed by atoms with Gasteiger partial charge in [-0.1, -0.05) is 15.9 Å². The van der Waals surface area contributed by atoms with Gasteiger partial charge in [-0.2, -0.15) is 0 Å². The number of carbonyl (C=O) groups excluding carboxylic acids is 1. The lowest BCUT2D eigenvalue weighted by Gasteiger charge is -2.12. The Hall–Kier alpha value is -1.24. The Kier molecular flexibility index (Phi) is 5.01. The number of halogens is 4. The maximum absolute atomic E-state index is 12.1. The lowest BCUT2D eigenvalue weighted by Crippen LogP contribution is -2.17. The molecule has 0 fully saturated rings. The Morgan fingerprint density at radius 1 is 1.39 bits per heavy atom. The van der Waals surface area contributed by atoms with Crippen molar-refractivity contribution in [1.29, 1.82) is 0 Å². The number of ketones is 1. The lowest BCUT2D eigenvalue weighted by atomic mass is 10.1. The van der Waals surface area contributed by atoms with E-state index >= 15 is 0 Å². The monoisotopic (exact) mass is 326 g/mol. The van der Waals surface area contributed by atoms with Gasteiger partial charge in [0.1, 0.15) is 11.5 Å². The summed E-state index contributed by atoms with van der Waals surface area (Å²) in [5.41, 5.74) is 0.0514. The quantitative estimate of drug-likeness (QED) is 0.613. The second-order valence-corrected chi connectivity index (χ2v) is 3.76. The molecule has 18 heavy (non-hydrogen) atoms. The van der Waals surface area contributed by atoms with Crippen LogP contribution in [0.1, 0.15) is 17.3 Å². The van der Waals surface area contributed by atoms with Crippen LogP contribution in [0.3, 0.4) is 0 Å². The van der Waals surface area contributed by atoms with Crippen LogP contribution in [-0.2, 0) is 0 Å². The van der Waals surface area contributed by atoms with Gasteiger partial charge in [-0.05, 0) is 25.1 Å². The first-order chi connectivity index (χ1) is 8.37. The van der Waals surface area contributed by atoms with E-state index in [0.29, 0.717) is 6.61 Å². The Morgan fingerprint density at radius 3 is 2.56 bits per heavy atom. The number of ether oxygens (including phenoxy) is 2. The summed E-state index contributed by atoms with van der Waals surface area (Å²) in [5.74, 6) is -0.599.